The average molecular weight is 214 g/mol. The van der Waals surface area contributed by atoms with E-state index >= 15 is 0 Å². The van der Waals surface area contributed by atoms with Gasteiger partial charge >= 0.3 is 0 Å². The molecule has 0 bridgehead atoms. The zero-order valence-corrected chi connectivity index (χ0v) is 9.51. The van der Waals surface area contributed by atoms with Crippen LogP contribution in [0, 0.1) is 5.41 Å². The van der Waals surface area contributed by atoms with Gasteiger partial charge in [-0.2, -0.15) is 0 Å². The molecule has 1 fully saturated rings. The highest BCUT2D eigenvalue weighted by Crippen LogP contribution is 2.47. The van der Waals surface area contributed by atoms with Gasteiger partial charge in [-0.15, -0.1) is 0 Å². The van der Waals surface area contributed by atoms with E-state index < -0.39 is 0 Å². The molecular weight excluding hydrogens is 192 g/mol. The molecule has 1 amide bonds. The number of aliphatic hydroxyl groups excluding tert-OH is 1. The van der Waals surface area contributed by atoms with Gasteiger partial charge in [0.05, 0.1) is 0 Å². The van der Waals surface area contributed by atoms with E-state index in [9.17, 15) is 4.79 Å². The van der Waals surface area contributed by atoms with Crippen LogP contribution in [0.4, 0.5) is 0 Å². The zero-order valence-electron chi connectivity index (χ0n) is 9.51. The molecule has 3 N–H and O–H groups in total. The molecule has 0 aromatic rings. The average Bonchev–Trinajstić information content (AvgIpc) is 2.98. The van der Waals surface area contributed by atoms with Crippen molar-refractivity contribution in [2.45, 2.75) is 32.1 Å². The lowest BCUT2D eigenvalue weighted by atomic mass is 10.0. The smallest absolute Gasteiger partial charge is 0.219 e. The Balaban J connectivity index is 1.95. The normalized spacial score (nSPS) is 17.5. The van der Waals surface area contributed by atoms with Gasteiger partial charge in [-0.1, -0.05) is 0 Å². The maximum absolute atomic E-state index is 10.9. The van der Waals surface area contributed by atoms with E-state index in [1.54, 1.807) is 7.05 Å². The SMILES string of the molecule is CNC(=O)CCCNCC1(CCO)CC1. The molecular formula is C11H22N2O2. The Kier molecular flexibility index (Phi) is 5.05. The number of hydrogen-bond acceptors (Lipinski definition) is 3. The Morgan fingerprint density at radius 1 is 1.47 bits per heavy atom. The van der Waals surface area contributed by atoms with Crippen LogP contribution >= 0.6 is 0 Å². The second-order valence-corrected chi connectivity index (χ2v) is 4.43. The van der Waals surface area contributed by atoms with Gasteiger partial charge in [0.1, 0.15) is 0 Å². The van der Waals surface area contributed by atoms with Crippen LogP contribution in [0.15, 0.2) is 0 Å². The van der Waals surface area contributed by atoms with Crippen molar-refractivity contribution in [1.29, 1.82) is 0 Å². The molecule has 0 spiro atoms. The maximum atomic E-state index is 10.9. The summed E-state index contributed by atoms with van der Waals surface area (Å²) >= 11 is 0. The van der Waals surface area contributed by atoms with E-state index in [-0.39, 0.29) is 5.91 Å². The highest BCUT2D eigenvalue weighted by atomic mass is 16.3. The molecule has 15 heavy (non-hydrogen) atoms. The van der Waals surface area contributed by atoms with Crippen molar-refractivity contribution in [2.24, 2.45) is 5.41 Å². The van der Waals surface area contributed by atoms with Crippen LogP contribution in [0.1, 0.15) is 32.1 Å². The Morgan fingerprint density at radius 3 is 2.73 bits per heavy atom. The van der Waals surface area contributed by atoms with Crippen LogP contribution in [0.25, 0.3) is 0 Å². The second-order valence-electron chi connectivity index (χ2n) is 4.43. The van der Waals surface area contributed by atoms with Crippen molar-refractivity contribution in [1.82, 2.24) is 10.6 Å². The van der Waals surface area contributed by atoms with Crippen LogP contribution in [0.5, 0.6) is 0 Å². The fourth-order valence-corrected chi connectivity index (χ4v) is 1.78. The van der Waals surface area contributed by atoms with Gasteiger partial charge in [0.15, 0.2) is 0 Å². The lowest BCUT2D eigenvalue weighted by Gasteiger charge is -2.14. The summed E-state index contributed by atoms with van der Waals surface area (Å²) in [5.74, 6) is 0.105. The van der Waals surface area contributed by atoms with Gasteiger partial charge in [-0.05, 0) is 37.6 Å². The summed E-state index contributed by atoms with van der Waals surface area (Å²) in [4.78, 5) is 10.9. The molecule has 0 aromatic carbocycles. The molecule has 0 radical (unpaired) electrons. The van der Waals surface area contributed by atoms with Crippen molar-refractivity contribution in [3.8, 4) is 0 Å². The summed E-state index contributed by atoms with van der Waals surface area (Å²) in [6.45, 7) is 2.17. The largest absolute Gasteiger partial charge is 0.396 e. The van der Waals surface area contributed by atoms with Crippen LogP contribution in [0.2, 0.25) is 0 Å². The third-order valence-electron chi connectivity index (χ3n) is 3.14. The van der Waals surface area contributed by atoms with Gasteiger partial charge in [0.2, 0.25) is 5.91 Å². The van der Waals surface area contributed by atoms with Crippen LogP contribution in [0.3, 0.4) is 0 Å². The molecule has 0 heterocycles. The number of aliphatic hydroxyl groups is 1. The highest BCUT2D eigenvalue weighted by molar-refractivity contribution is 5.75. The summed E-state index contributed by atoms with van der Waals surface area (Å²) < 4.78 is 0. The molecule has 0 aromatic heterocycles. The number of nitrogens with one attached hydrogen (secondary N) is 2. The Morgan fingerprint density at radius 2 is 2.20 bits per heavy atom. The topological polar surface area (TPSA) is 61.4 Å². The van der Waals surface area contributed by atoms with Crippen molar-refractivity contribution < 1.29 is 9.90 Å². The minimum Gasteiger partial charge on any atom is -0.396 e. The molecule has 0 saturated heterocycles. The summed E-state index contributed by atoms with van der Waals surface area (Å²) in [6, 6.07) is 0. The fourth-order valence-electron chi connectivity index (χ4n) is 1.78. The van der Waals surface area contributed by atoms with Crippen molar-refractivity contribution in [3.63, 3.8) is 0 Å². The highest BCUT2D eigenvalue weighted by Gasteiger charge is 2.41. The zero-order chi connectivity index (χ0) is 11.1. The number of hydrogen-bond donors (Lipinski definition) is 3. The first-order valence-corrected chi connectivity index (χ1v) is 5.75. The Labute approximate surface area is 91.4 Å². The summed E-state index contributed by atoms with van der Waals surface area (Å²) in [5, 5.41) is 14.8. The molecule has 1 aliphatic rings. The standard InChI is InChI=1S/C11H22N2O2/c1-12-10(15)3-2-7-13-9-11(4-5-11)6-8-14/h13-14H,2-9H2,1H3,(H,12,15). The van der Waals surface area contributed by atoms with E-state index in [1.807, 2.05) is 0 Å². The third-order valence-corrected chi connectivity index (χ3v) is 3.14. The molecule has 0 aliphatic heterocycles. The van der Waals surface area contributed by atoms with Crippen LogP contribution in [-0.2, 0) is 4.79 Å². The fraction of sp³-hybridized carbons (Fsp3) is 0.909. The summed E-state index contributed by atoms with van der Waals surface area (Å²) in [5.41, 5.74) is 0.377. The Bertz CT molecular complexity index is 203. The second kappa shape index (κ2) is 6.08. The summed E-state index contributed by atoms with van der Waals surface area (Å²) in [7, 11) is 1.66. The third kappa shape index (κ3) is 4.62. The number of carbonyl (C=O) groups excluding carboxylic acids is 1. The summed E-state index contributed by atoms with van der Waals surface area (Å²) in [6.07, 6.45) is 4.85. The predicted molar refractivity (Wildman–Crippen MR) is 59.5 cm³/mol. The molecule has 1 aliphatic carbocycles. The quantitative estimate of drug-likeness (QED) is 0.508. The number of carbonyl (C=O) groups is 1. The van der Waals surface area contributed by atoms with Gasteiger partial charge in [0.25, 0.3) is 0 Å². The number of amides is 1. The van der Waals surface area contributed by atoms with Crippen molar-refractivity contribution in [3.05, 3.63) is 0 Å². The molecule has 88 valence electrons. The predicted octanol–water partition coefficient (Wildman–Crippen LogP) is 0.265. The van der Waals surface area contributed by atoms with E-state index in [2.05, 4.69) is 10.6 Å². The van der Waals surface area contributed by atoms with E-state index in [0.29, 0.717) is 18.4 Å². The molecule has 1 saturated carbocycles. The first kappa shape index (κ1) is 12.5. The van der Waals surface area contributed by atoms with Gasteiger partial charge < -0.3 is 15.7 Å². The number of rotatable bonds is 8. The van der Waals surface area contributed by atoms with Crippen molar-refractivity contribution in [2.75, 3.05) is 26.7 Å². The van der Waals surface area contributed by atoms with Crippen molar-refractivity contribution >= 4 is 5.91 Å². The molecule has 4 heteroatoms. The first-order valence-electron chi connectivity index (χ1n) is 5.75. The molecule has 0 unspecified atom stereocenters. The van der Waals surface area contributed by atoms with Gasteiger partial charge in [-0.3, -0.25) is 4.79 Å². The Hall–Kier alpha value is -0.610. The molecule has 4 nitrogen and oxygen atoms in total. The van der Waals surface area contributed by atoms with E-state index in [1.165, 1.54) is 12.8 Å². The minimum atomic E-state index is 0.105. The minimum absolute atomic E-state index is 0.105. The van der Waals surface area contributed by atoms with Gasteiger partial charge in [0, 0.05) is 26.6 Å². The van der Waals surface area contributed by atoms with Crippen LogP contribution < -0.4 is 10.6 Å². The van der Waals surface area contributed by atoms with E-state index in [4.69, 9.17) is 5.11 Å². The van der Waals surface area contributed by atoms with Crippen LogP contribution in [-0.4, -0.2) is 37.8 Å². The van der Waals surface area contributed by atoms with E-state index in [0.717, 1.165) is 25.9 Å². The van der Waals surface area contributed by atoms with Gasteiger partial charge in [-0.25, -0.2) is 0 Å². The molecule has 0 atom stereocenters. The monoisotopic (exact) mass is 214 g/mol. The molecule has 1 rings (SSSR count). The lowest BCUT2D eigenvalue weighted by Crippen LogP contribution is -2.27. The lowest BCUT2D eigenvalue weighted by molar-refractivity contribution is -0.120. The first-order chi connectivity index (χ1) is 7.22. The maximum Gasteiger partial charge on any atom is 0.219 e.